The smallest absolute Gasteiger partial charge is 0.269 e. The van der Waals surface area contributed by atoms with E-state index in [0.29, 0.717) is 5.69 Å². The molecule has 1 aliphatic rings. The molecule has 1 aliphatic heterocycles. The molecule has 0 aromatic heterocycles. The van der Waals surface area contributed by atoms with Gasteiger partial charge >= 0.3 is 0 Å². The van der Waals surface area contributed by atoms with E-state index in [0.717, 1.165) is 0 Å². The van der Waals surface area contributed by atoms with Gasteiger partial charge in [0.05, 0.1) is 17.8 Å². The number of nitrogens with zero attached hydrogens (tertiary/aromatic N) is 4. The van der Waals surface area contributed by atoms with Gasteiger partial charge in [-0.2, -0.15) is 0 Å². The number of benzene rings is 1. The second-order valence-corrected chi connectivity index (χ2v) is 3.41. The number of rotatable bonds is 2. The Labute approximate surface area is 96.9 Å². The molecule has 17 heavy (non-hydrogen) atoms. The molecule has 1 atom stereocenters. The van der Waals surface area contributed by atoms with Crippen molar-refractivity contribution in [1.82, 2.24) is 0 Å². The lowest BCUT2D eigenvalue weighted by Gasteiger charge is -2.23. The molecule has 0 amide bonds. The fourth-order valence-electron chi connectivity index (χ4n) is 1.44. The third kappa shape index (κ3) is 2.45. The number of aliphatic hydroxyl groups excluding tert-OH is 1. The Bertz CT molecular complexity index is 469. The van der Waals surface area contributed by atoms with Crippen LogP contribution >= 0.6 is 0 Å². The topological polar surface area (TPSA) is 91.3 Å². The van der Waals surface area contributed by atoms with E-state index in [4.69, 9.17) is 0 Å². The number of hydrogen-bond donors (Lipinski definition) is 1. The van der Waals surface area contributed by atoms with Crippen molar-refractivity contribution >= 4 is 24.1 Å². The fourth-order valence-corrected chi connectivity index (χ4v) is 1.44. The monoisotopic (exact) mass is 234 g/mol. The number of anilines is 1. The van der Waals surface area contributed by atoms with Gasteiger partial charge in [0.15, 0.2) is 6.23 Å². The lowest BCUT2D eigenvalue weighted by molar-refractivity contribution is -0.384. The Morgan fingerprint density at radius 3 is 2.76 bits per heavy atom. The normalized spacial score (nSPS) is 19.1. The summed E-state index contributed by atoms with van der Waals surface area (Å²) >= 11 is 0. The number of nitro groups is 1. The predicted molar refractivity (Wildman–Crippen MR) is 63.4 cm³/mol. The third-order valence-electron chi connectivity index (χ3n) is 2.29. The van der Waals surface area contributed by atoms with Crippen LogP contribution in [0.5, 0.6) is 0 Å². The van der Waals surface area contributed by atoms with Gasteiger partial charge in [-0.3, -0.25) is 15.1 Å². The van der Waals surface area contributed by atoms with Crippen LogP contribution < -0.4 is 4.90 Å². The average Bonchev–Trinajstić information content (AvgIpc) is 2.54. The SMILES string of the molecule is O=[N+]([O-])c1ccc(N2C=NC=NC[C@H]2O)cc1. The third-order valence-corrected chi connectivity index (χ3v) is 2.29. The summed E-state index contributed by atoms with van der Waals surface area (Å²) in [7, 11) is 0. The minimum absolute atomic E-state index is 0.00579. The van der Waals surface area contributed by atoms with Crippen molar-refractivity contribution in [3.63, 3.8) is 0 Å². The van der Waals surface area contributed by atoms with Crippen LogP contribution in [-0.2, 0) is 0 Å². The summed E-state index contributed by atoms with van der Waals surface area (Å²) in [6.45, 7) is 0.205. The highest BCUT2D eigenvalue weighted by atomic mass is 16.6. The predicted octanol–water partition coefficient (Wildman–Crippen LogP) is 0.790. The minimum Gasteiger partial charge on any atom is -0.371 e. The van der Waals surface area contributed by atoms with Gasteiger partial charge in [0.1, 0.15) is 6.34 Å². The summed E-state index contributed by atoms with van der Waals surface area (Å²) in [6, 6.07) is 5.86. The van der Waals surface area contributed by atoms with Crippen LogP contribution in [0.3, 0.4) is 0 Å². The first-order chi connectivity index (χ1) is 8.18. The standard InChI is InChI=1S/C10H10N4O3/c15-10-5-11-6-12-7-13(10)8-1-3-9(4-2-8)14(16)17/h1-4,6-7,10,15H,5H2/t10-/m1/s1. The molecule has 0 radical (unpaired) electrons. The molecule has 1 aromatic carbocycles. The van der Waals surface area contributed by atoms with E-state index in [1.807, 2.05) is 0 Å². The maximum Gasteiger partial charge on any atom is 0.269 e. The Hall–Kier alpha value is -2.28. The largest absolute Gasteiger partial charge is 0.371 e. The Balaban J connectivity index is 2.24. The van der Waals surface area contributed by atoms with E-state index in [1.165, 1.54) is 29.7 Å². The molecule has 0 saturated carbocycles. The van der Waals surface area contributed by atoms with Gasteiger partial charge in [0.2, 0.25) is 0 Å². The molecule has 1 heterocycles. The highest BCUT2D eigenvalue weighted by Gasteiger charge is 2.16. The zero-order chi connectivity index (χ0) is 12.3. The minimum atomic E-state index is -0.820. The lowest BCUT2D eigenvalue weighted by Crippen LogP contribution is -2.35. The van der Waals surface area contributed by atoms with Gasteiger partial charge in [-0.25, -0.2) is 4.99 Å². The molecule has 1 aromatic rings. The molecular weight excluding hydrogens is 224 g/mol. The van der Waals surface area contributed by atoms with Crippen molar-refractivity contribution in [2.45, 2.75) is 6.23 Å². The molecular formula is C10H10N4O3. The first kappa shape index (κ1) is 11.2. The van der Waals surface area contributed by atoms with Crippen molar-refractivity contribution in [1.29, 1.82) is 0 Å². The molecule has 1 N–H and O–H groups in total. The van der Waals surface area contributed by atoms with E-state index in [9.17, 15) is 15.2 Å². The van der Waals surface area contributed by atoms with Crippen molar-refractivity contribution in [2.75, 3.05) is 11.4 Å². The number of nitro benzene ring substituents is 1. The summed E-state index contributed by atoms with van der Waals surface area (Å²) in [6.07, 6.45) is 1.97. The van der Waals surface area contributed by atoms with Crippen LogP contribution in [0.25, 0.3) is 0 Å². The van der Waals surface area contributed by atoms with Crippen molar-refractivity contribution in [3.8, 4) is 0 Å². The molecule has 0 unspecified atom stereocenters. The van der Waals surface area contributed by atoms with E-state index < -0.39 is 11.2 Å². The van der Waals surface area contributed by atoms with E-state index in [-0.39, 0.29) is 12.2 Å². The molecule has 2 rings (SSSR count). The van der Waals surface area contributed by atoms with Gasteiger partial charge in [0, 0.05) is 17.8 Å². The van der Waals surface area contributed by atoms with Crippen molar-refractivity contribution in [3.05, 3.63) is 34.4 Å². The van der Waals surface area contributed by atoms with E-state index in [1.54, 1.807) is 12.1 Å². The number of aliphatic imine (C=N–C) groups is 2. The number of aliphatic hydroxyl groups is 1. The Kier molecular flexibility index (Phi) is 3.10. The molecule has 0 aliphatic carbocycles. The molecule has 0 bridgehead atoms. The van der Waals surface area contributed by atoms with Crippen molar-refractivity contribution < 1.29 is 10.0 Å². The van der Waals surface area contributed by atoms with Crippen LogP contribution in [0.2, 0.25) is 0 Å². The van der Waals surface area contributed by atoms with Gasteiger partial charge < -0.3 is 10.0 Å². The quantitative estimate of drug-likeness (QED) is 0.604. The Morgan fingerprint density at radius 2 is 2.12 bits per heavy atom. The van der Waals surface area contributed by atoms with Crippen LogP contribution in [-0.4, -0.2) is 35.5 Å². The highest BCUT2D eigenvalue weighted by Crippen LogP contribution is 2.20. The molecule has 0 saturated heterocycles. The van der Waals surface area contributed by atoms with Crippen LogP contribution in [0.4, 0.5) is 11.4 Å². The maximum absolute atomic E-state index is 10.5. The maximum atomic E-state index is 10.5. The second kappa shape index (κ2) is 4.71. The van der Waals surface area contributed by atoms with E-state index >= 15 is 0 Å². The highest BCUT2D eigenvalue weighted by molar-refractivity contribution is 5.85. The van der Waals surface area contributed by atoms with Gasteiger partial charge in [-0.15, -0.1) is 0 Å². The van der Waals surface area contributed by atoms with Crippen LogP contribution in [0.1, 0.15) is 0 Å². The molecule has 7 heteroatoms. The second-order valence-electron chi connectivity index (χ2n) is 3.41. The Morgan fingerprint density at radius 1 is 1.41 bits per heavy atom. The van der Waals surface area contributed by atoms with Crippen molar-refractivity contribution in [2.24, 2.45) is 9.98 Å². The zero-order valence-electron chi connectivity index (χ0n) is 8.80. The molecule has 0 fully saturated rings. The van der Waals surface area contributed by atoms with E-state index in [2.05, 4.69) is 9.98 Å². The summed E-state index contributed by atoms with van der Waals surface area (Å²) in [5.74, 6) is 0. The van der Waals surface area contributed by atoms with Crippen LogP contribution in [0.15, 0.2) is 34.3 Å². The fraction of sp³-hybridized carbons (Fsp3) is 0.200. The van der Waals surface area contributed by atoms with Gasteiger partial charge in [-0.05, 0) is 12.1 Å². The lowest BCUT2D eigenvalue weighted by atomic mass is 10.2. The first-order valence-corrected chi connectivity index (χ1v) is 4.91. The summed E-state index contributed by atoms with van der Waals surface area (Å²) in [4.78, 5) is 19.2. The summed E-state index contributed by atoms with van der Waals surface area (Å²) in [5.41, 5.74) is 0.628. The van der Waals surface area contributed by atoms with Gasteiger partial charge in [0.25, 0.3) is 5.69 Å². The van der Waals surface area contributed by atoms with Gasteiger partial charge in [-0.1, -0.05) is 0 Å². The summed E-state index contributed by atoms with van der Waals surface area (Å²) < 4.78 is 0. The summed E-state index contributed by atoms with van der Waals surface area (Å²) in [5, 5.41) is 20.3. The average molecular weight is 234 g/mol. The number of non-ortho nitro benzene ring substituents is 1. The first-order valence-electron chi connectivity index (χ1n) is 4.91. The molecule has 7 nitrogen and oxygen atoms in total. The number of hydrogen-bond acceptors (Lipinski definition) is 6. The van der Waals surface area contributed by atoms with Crippen LogP contribution in [0, 0.1) is 10.1 Å². The zero-order valence-corrected chi connectivity index (χ0v) is 8.80. The molecule has 0 spiro atoms. The molecule has 88 valence electrons.